The molecule has 0 aliphatic rings. The van der Waals surface area contributed by atoms with Crippen molar-refractivity contribution in [1.82, 2.24) is 4.98 Å². The van der Waals surface area contributed by atoms with Crippen LogP contribution in [0.4, 0.5) is 11.5 Å². The zero-order valence-electron chi connectivity index (χ0n) is 7.48. The highest BCUT2D eigenvalue weighted by Gasteiger charge is 2.12. The molecule has 70 valence electrons. The molecule has 0 saturated heterocycles. The van der Waals surface area contributed by atoms with Gasteiger partial charge in [-0.15, -0.1) is 0 Å². The van der Waals surface area contributed by atoms with Crippen LogP contribution in [0.5, 0.6) is 0 Å². The number of nitrogens with two attached hydrogens (primary N) is 1. The number of carboxylic acid groups (broad SMARTS) is 1. The number of hydrogen-bond acceptors (Lipinski definition) is 4. The lowest BCUT2D eigenvalue weighted by Crippen LogP contribution is -2.15. The van der Waals surface area contributed by atoms with Gasteiger partial charge in [0.2, 0.25) is 0 Å². The number of carboxylic acids is 1. The second kappa shape index (κ2) is 3.30. The van der Waals surface area contributed by atoms with Gasteiger partial charge in [-0.1, -0.05) is 0 Å². The molecule has 0 bridgehead atoms. The number of nitrogens with zero attached hydrogens (tertiary/aromatic N) is 2. The number of aromatic nitrogens is 1. The molecule has 1 aromatic heterocycles. The average molecular weight is 181 g/mol. The molecule has 0 atom stereocenters. The molecule has 0 unspecified atom stereocenters. The van der Waals surface area contributed by atoms with Crippen molar-refractivity contribution in [2.24, 2.45) is 0 Å². The Morgan fingerprint density at radius 1 is 1.62 bits per heavy atom. The third-order valence-corrected chi connectivity index (χ3v) is 1.62. The van der Waals surface area contributed by atoms with E-state index in [1.54, 1.807) is 19.0 Å². The van der Waals surface area contributed by atoms with E-state index in [2.05, 4.69) is 4.98 Å². The molecule has 13 heavy (non-hydrogen) atoms. The first-order valence-corrected chi connectivity index (χ1v) is 3.69. The Kier molecular flexibility index (Phi) is 2.36. The number of carbonyl (C=O) groups is 1. The van der Waals surface area contributed by atoms with Crippen molar-refractivity contribution in [3.8, 4) is 0 Å². The Hall–Kier alpha value is -1.78. The van der Waals surface area contributed by atoms with Crippen LogP contribution in [0.15, 0.2) is 12.3 Å². The molecule has 0 amide bonds. The highest BCUT2D eigenvalue weighted by Crippen LogP contribution is 2.21. The Morgan fingerprint density at radius 2 is 2.23 bits per heavy atom. The Balaban J connectivity index is 3.26. The van der Waals surface area contributed by atoms with Gasteiger partial charge in [0.25, 0.3) is 0 Å². The van der Waals surface area contributed by atoms with Crippen molar-refractivity contribution in [1.29, 1.82) is 0 Å². The molecule has 0 aromatic carbocycles. The summed E-state index contributed by atoms with van der Waals surface area (Å²) in [6, 6.07) is 1.38. The number of rotatable bonds is 2. The number of pyridine rings is 1. The summed E-state index contributed by atoms with van der Waals surface area (Å²) in [7, 11) is 3.51. The maximum Gasteiger partial charge on any atom is 0.337 e. The van der Waals surface area contributed by atoms with Gasteiger partial charge in [-0.3, -0.25) is 0 Å². The summed E-state index contributed by atoms with van der Waals surface area (Å²) in [4.78, 5) is 16.3. The van der Waals surface area contributed by atoms with E-state index in [0.717, 1.165) is 0 Å². The summed E-state index contributed by atoms with van der Waals surface area (Å²) in [5, 5.41) is 8.75. The summed E-state index contributed by atoms with van der Waals surface area (Å²) >= 11 is 0. The number of hydrogen-bond donors (Lipinski definition) is 2. The van der Waals surface area contributed by atoms with Crippen LogP contribution in [0.25, 0.3) is 0 Å². The van der Waals surface area contributed by atoms with E-state index in [4.69, 9.17) is 10.8 Å². The molecule has 0 spiro atoms. The first kappa shape index (κ1) is 9.31. The summed E-state index contributed by atoms with van der Waals surface area (Å²) < 4.78 is 0. The lowest BCUT2D eigenvalue weighted by Gasteiger charge is -2.14. The van der Waals surface area contributed by atoms with Crippen LogP contribution in [-0.4, -0.2) is 30.2 Å². The third-order valence-electron chi connectivity index (χ3n) is 1.62. The van der Waals surface area contributed by atoms with Crippen LogP contribution < -0.4 is 10.6 Å². The molecular formula is C8H11N3O2. The van der Waals surface area contributed by atoms with Gasteiger partial charge in [-0.25, -0.2) is 9.78 Å². The predicted molar refractivity (Wildman–Crippen MR) is 49.9 cm³/mol. The lowest BCUT2D eigenvalue weighted by molar-refractivity contribution is 0.0698. The predicted octanol–water partition coefficient (Wildman–Crippen LogP) is 0.428. The van der Waals surface area contributed by atoms with Gasteiger partial charge >= 0.3 is 5.97 Å². The zero-order valence-corrected chi connectivity index (χ0v) is 7.48. The monoisotopic (exact) mass is 181 g/mol. The fourth-order valence-electron chi connectivity index (χ4n) is 1.01. The normalized spacial score (nSPS) is 9.69. The maximum atomic E-state index is 10.7. The van der Waals surface area contributed by atoms with Crippen molar-refractivity contribution in [2.45, 2.75) is 0 Å². The Bertz CT molecular complexity index is 336. The molecule has 0 aliphatic heterocycles. The first-order valence-electron chi connectivity index (χ1n) is 3.69. The minimum Gasteiger partial charge on any atom is -0.478 e. The molecule has 5 nitrogen and oxygen atoms in total. The van der Waals surface area contributed by atoms with E-state index in [1.165, 1.54) is 12.3 Å². The van der Waals surface area contributed by atoms with Crippen molar-refractivity contribution in [3.05, 3.63) is 17.8 Å². The fourth-order valence-corrected chi connectivity index (χ4v) is 1.01. The smallest absolute Gasteiger partial charge is 0.337 e. The first-order chi connectivity index (χ1) is 6.04. The van der Waals surface area contributed by atoms with Crippen LogP contribution in [0.3, 0.4) is 0 Å². The second-order valence-corrected chi connectivity index (χ2v) is 2.80. The summed E-state index contributed by atoms with van der Waals surface area (Å²) in [5.74, 6) is -0.567. The zero-order chi connectivity index (χ0) is 10.0. The van der Waals surface area contributed by atoms with E-state index in [1.807, 2.05) is 0 Å². The van der Waals surface area contributed by atoms with Crippen LogP contribution in [-0.2, 0) is 0 Å². The SMILES string of the molecule is CN(C)c1nccc(C(=O)O)c1N. The van der Waals surface area contributed by atoms with Crippen molar-refractivity contribution in [3.63, 3.8) is 0 Å². The molecule has 1 aromatic rings. The third kappa shape index (κ3) is 1.69. The van der Waals surface area contributed by atoms with Gasteiger partial charge in [0.1, 0.15) is 0 Å². The van der Waals surface area contributed by atoms with E-state index >= 15 is 0 Å². The van der Waals surface area contributed by atoms with Crippen molar-refractivity contribution < 1.29 is 9.90 Å². The lowest BCUT2D eigenvalue weighted by atomic mass is 10.2. The molecule has 3 N–H and O–H groups in total. The van der Waals surface area contributed by atoms with Crippen molar-refractivity contribution in [2.75, 3.05) is 24.7 Å². The van der Waals surface area contributed by atoms with Crippen LogP contribution in [0.1, 0.15) is 10.4 Å². The molecule has 0 radical (unpaired) electrons. The molecule has 5 heteroatoms. The van der Waals surface area contributed by atoms with Gasteiger partial charge in [-0.05, 0) is 6.07 Å². The topological polar surface area (TPSA) is 79.5 Å². The number of anilines is 2. The number of aromatic carboxylic acids is 1. The highest BCUT2D eigenvalue weighted by molar-refractivity contribution is 5.96. The quantitative estimate of drug-likeness (QED) is 0.691. The Labute approximate surface area is 75.8 Å². The van der Waals surface area contributed by atoms with E-state index in [9.17, 15) is 4.79 Å². The maximum absolute atomic E-state index is 10.7. The fraction of sp³-hybridized carbons (Fsp3) is 0.250. The van der Waals surface area contributed by atoms with Gasteiger partial charge in [-0.2, -0.15) is 0 Å². The molecule has 0 aliphatic carbocycles. The second-order valence-electron chi connectivity index (χ2n) is 2.80. The minimum absolute atomic E-state index is 0.0821. The van der Waals surface area contributed by atoms with Crippen molar-refractivity contribution >= 4 is 17.5 Å². The molecule has 0 saturated carbocycles. The van der Waals surface area contributed by atoms with E-state index in [0.29, 0.717) is 5.82 Å². The molecule has 0 fully saturated rings. The van der Waals surface area contributed by atoms with Crippen LogP contribution in [0.2, 0.25) is 0 Å². The van der Waals surface area contributed by atoms with E-state index in [-0.39, 0.29) is 11.3 Å². The molecule has 1 rings (SSSR count). The standard InChI is InChI=1S/C8H11N3O2/c1-11(2)7-6(9)5(8(12)13)3-4-10-7/h3-4H,9H2,1-2H3,(H,12,13). The largest absolute Gasteiger partial charge is 0.478 e. The minimum atomic E-state index is -1.04. The highest BCUT2D eigenvalue weighted by atomic mass is 16.4. The van der Waals surface area contributed by atoms with Crippen LogP contribution in [0, 0.1) is 0 Å². The number of nitrogen functional groups attached to an aromatic ring is 1. The summed E-state index contributed by atoms with van der Waals surface area (Å²) in [6.45, 7) is 0. The average Bonchev–Trinajstić information content (AvgIpc) is 2.03. The van der Waals surface area contributed by atoms with E-state index < -0.39 is 5.97 Å². The van der Waals surface area contributed by atoms with Gasteiger partial charge < -0.3 is 15.7 Å². The van der Waals surface area contributed by atoms with Gasteiger partial charge in [0.15, 0.2) is 5.82 Å². The van der Waals surface area contributed by atoms with Gasteiger partial charge in [0, 0.05) is 20.3 Å². The summed E-state index contributed by atoms with van der Waals surface area (Å²) in [6.07, 6.45) is 1.43. The van der Waals surface area contributed by atoms with Crippen LogP contribution >= 0.6 is 0 Å². The summed E-state index contributed by atoms with van der Waals surface area (Å²) in [5.41, 5.74) is 5.88. The Morgan fingerprint density at radius 3 is 2.69 bits per heavy atom. The van der Waals surface area contributed by atoms with Gasteiger partial charge in [0.05, 0.1) is 11.3 Å². The molecular weight excluding hydrogens is 170 g/mol. The molecule has 1 heterocycles.